The van der Waals surface area contributed by atoms with Crippen molar-refractivity contribution < 1.29 is 18.3 Å². The number of primary sulfonamides is 1. The van der Waals surface area contributed by atoms with Crippen molar-refractivity contribution in [2.45, 2.75) is 57.3 Å². The van der Waals surface area contributed by atoms with Gasteiger partial charge in [-0.1, -0.05) is 71.9 Å². The van der Waals surface area contributed by atoms with Gasteiger partial charge in [0.2, 0.25) is 10.0 Å². The molecule has 0 fully saturated rings. The maximum atomic E-state index is 13.5. The molecule has 0 aliphatic rings. The third kappa shape index (κ3) is 6.05. The maximum Gasteiger partial charge on any atom is 0.276 e. The number of carbonyl (C=O) groups excluding carboxylic acids is 1. The molecule has 0 atom stereocenters. The Morgan fingerprint density at radius 1 is 0.872 bits per heavy atom. The van der Waals surface area contributed by atoms with E-state index >= 15 is 0 Å². The lowest BCUT2D eigenvalue weighted by molar-refractivity contribution is 0.102. The van der Waals surface area contributed by atoms with Crippen molar-refractivity contribution in [3.8, 4) is 22.7 Å². The molecule has 4 aromatic rings. The molecule has 0 radical (unpaired) electrons. The van der Waals surface area contributed by atoms with Gasteiger partial charge in [-0.25, -0.2) is 18.2 Å². The largest absolute Gasteiger partial charge is 0.507 e. The van der Waals surface area contributed by atoms with E-state index in [-0.39, 0.29) is 27.2 Å². The lowest BCUT2D eigenvalue weighted by atomic mass is 9.79. The van der Waals surface area contributed by atoms with Gasteiger partial charge in [0.05, 0.1) is 16.3 Å². The number of nitrogens with zero attached hydrogens (tertiary/aromatic N) is 2. The standard InChI is InChI=1S/C30H34N4O4S/c1-29(2,3)23-16-20(17-24(27(23)35)30(4,5)6)32-28(36)25-18-26(19-10-8-7-9-11-19)34(33-25)21-12-14-22(15-13-21)39(31,37)38/h7-18,35H,1-6H3,(H,32,36)(H2,31,37,38). The van der Waals surface area contributed by atoms with Crippen LogP contribution in [-0.2, 0) is 20.9 Å². The highest BCUT2D eigenvalue weighted by molar-refractivity contribution is 7.89. The number of hydrogen-bond donors (Lipinski definition) is 3. The van der Waals surface area contributed by atoms with Gasteiger partial charge in [0.1, 0.15) is 5.75 Å². The molecule has 0 aliphatic carbocycles. The summed E-state index contributed by atoms with van der Waals surface area (Å²) in [5, 5.41) is 23.8. The molecule has 0 unspecified atom stereocenters. The maximum absolute atomic E-state index is 13.5. The van der Waals surface area contributed by atoms with E-state index in [0.29, 0.717) is 17.1 Å². The molecule has 1 heterocycles. The molecule has 0 aliphatic heterocycles. The molecule has 9 heteroatoms. The molecule has 0 saturated heterocycles. The minimum absolute atomic E-state index is 0.0192. The highest BCUT2D eigenvalue weighted by Crippen LogP contribution is 2.41. The molecular weight excluding hydrogens is 512 g/mol. The Kier molecular flexibility index (Phi) is 7.18. The summed E-state index contributed by atoms with van der Waals surface area (Å²) in [6, 6.07) is 20.7. The summed E-state index contributed by atoms with van der Waals surface area (Å²) < 4.78 is 25.0. The second-order valence-corrected chi connectivity index (χ2v) is 13.2. The molecule has 1 aromatic heterocycles. The summed E-state index contributed by atoms with van der Waals surface area (Å²) in [4.78, 5) is 13.5. The molecule has 0 saturated carbocycles. The van der Waals surface area contributed by atoms with Gasteiger partial charge in [-0.2, -0.15) is 5.10 Å². The summed E-state index contributed by atoms with van der Waals surface area (Å²) in [5.74, 6) is -0.191. The number of aromatic hydroxyl groups is 1. The predicted octanol–water partition coefficient (Wildman–Crippen LogP) is 5.74. The zero-order valence-electron chi connectivity index (χ0n) is 23.0. The van der Waals surface area contributed by atoms with Gasteiger partial charge >= 0.3 is 0 Å². The van der Waals surface area contributed by atoms with E-state index in [9.17, 15) is 18.3 Å². The number of anilines is 1. The van der Waals surface area contributed by atoms with Gasteiger partial charge in [0, 0.05) is 22.4 Å². The summed E-state index contributed by atoms with van der Waals surface area (Å²) in [6.07, 6.45) is 0. The van der Waals surface area contributed by atoms with Crippen molar-refractivity contribution in [3.05, 3.63) is 89.6 Å². The first-order chi connectivity index (χ1) is 18.1. The van der Waals surface area contributed by atoms with Crippen molar-refractivity contribution in [3.63, 3.8) is 0 Å². The second kappa shape index (κ2) is 9.98. The number of phenolic OH excluding ortho intramolecular Hbond substituents is 1. The topological polar surface area (TPSA) is 127 Å². The monoisotopic (exact) mass is 546 g/mol. The number of benzene rings is 3. The highest BCUT2D eigenvalue weighted by atomic mass is 32.2. The minimum Gasteiger partial charge on any atom is -0.507 e. The van der Waals surface area contributed by atoms with E-state index < -0.39 is 15.9 Å². The Morgan fingerprint density at radius 3 is 1.90 bits per heavy atom. The molecule has 4 N–H and O–H groups in total. The summed E-state index contributed by atoms with van der Waals surface area (Å²) >= 11 is 0. The number of nitrogens with one attached hydrogen (secondary N) is 1. The fraction of sp³-hybridized carbons (Fsp3) is 0.267. The average molecular weight is 547 g/mol. The van der Waals surface area contributed by atoms with Crippen LogP contribution in [0.5, 0.6) is 5.75 Å². The fourth-order valence-electron chi connectivity index (χ4n) is 4.33. The Morgan fingerprint density at radius 2 is 1.41 bits per heavy atom. The fourth-order valence-corrected chi connectivity index (χ4v) is 4.84. The van der Waals surface area contributed by atoms with E-state index in [4.69, 9.17) is 5.14 Å². The van der Waals surface area contributed by atoms with Crippen LogP contribution in [0.4, 0.5) is 5.69 Å². The zero-order valence-corrected chi connectivity index (χ0v) is 23.8. The summed E-state index contributed by atoms with van der Waals surface area (Å²) in [5.41, 5.74) is 3.54. The number of hydrogen-bond acceptors (Lipinski definition) is 5. The van der Waals surface area contributed by atoms with Crippen molar-refractivity contribution in [2.24, 2.45) is 5.14 Å². The van der Waals surface area contributed by atoms with Crippen LogP contribution >= 0.6 is 0 Å². The van der Waals surface area contributed by atoms with E-state index in [1.807, 2.05) is 71.9 Å². The average Bonchev–Trinajstić information content (AvgIpc) is 3.29. The van der Waals surface area contributed by atoms with Gasteiger partial charge in [-0.3, -0.25) is 4.79 Å². The van der Waals surface area contributed by atoms with Crippen molar-refractivity contribution in [2.75, 3.05) is 5.32 Å². The molecule has 4 rings (SSSR count). The molecular formula is C30H34N4O4S. The number of rotatable bonds is 5. The second-order valence-electron chi connectivity index (χ2n) is 11.6. The summed E-state index contributed by atoms with van der Waals surface area (Å²) in [7, 11) is -3.85. The lowest BCUT2D eigenvalue weighted by Gasteiger charge is -2.28. The van der Waals surface area contributed by atoms with Crippen LogP contribution < -0.4 is 10.5 Å². The predicted molar refractivity (Wildman–Crippen MR) is 154 cm³/mol. The first kappa shape index (κ1) is 28.1. The van der Waals surface area contributed by atoms with Crippen LogP contribution in [-0.4, -0.2) is 29.2 Å². The molecule has 39 heavy (non-hydrogen) atoms. The van der Waals surface area contributed by atoms with E-state index in [2.05, 4.69) is 10.4 Å². The third-order valence-corrected chi connectivity index (χ3v) is 7.33. The first-order valence-electron chi connectivity index (χ1n) is 12.5. The van der Waals surface area contributed by atoms with Crippen LogP contribution in [0.2, 0.25) is 0 Å². The number of aromatic nitrogens is 2. The zero-order chi connectivity index (χ0) is 28.8. The quantitative estimate of drug-likeness (QED) is 0.275. The van der Waals surface area contributed by atoms with Crippen LogP contribution in [0.3, 0.4) is 0 Å². The number of phenols is 1. The van der Waals surface area contributed by atoms with Gasteiger partial charge < -0.3 is 10.4 Å². The molecule has 1 amide bonds. The molecule has 204 valence electrons. The van der Waals surface area contributed by atoms with Gasteiger partial charge in [-0.05, 0) is 53.3 Å². The molecule has 0 bridgehead atoms. The minimum atomic E-state index is -3.85. The number of nitrogens with two attached hydrogens (primary N) is 1. The Bertz CT molecular complexity index is 1590. The first-order valence-corrected chi connectivity index (χ1v) is 14.1. The Hall–Kier alpha value is -3.95. The van der Waals surface area contributed by atoms with Gasteiger partial charge in [0.25, 0.3) is 5.91 Å². The van der Waals surface area contributed by atoms with Gasteiger partial charge in [0.15, 0.2) is 5.69 Å². The number of amides is 1. The van der Waals surface area contributed by atoms with Crippen LogP contribution in [0.15, 0.2) is 77.7 Å². The SMILES string of the molecule is CC(C)(C)c1cc(NC(=O)c2cc(-c3ccccc3)n(-c3ccc(S(N)(=O)=O)cc3)n2)cc(C(C)(C)C)c1O. The van der Waals surface area contributed by atoms with Crippen molar-refractivity contribution in [1.82, 2.24) is 9.78 Å². The third-order valence-electron chi connectivity index (χ3n) is 6.41. The molecule has 8 nitrogen and oxygen atoms in total. The number of sulfonamides is 1. The van der Waals surface area contributed by atoms with Crippen LogP contribution in [0, 0.1) is 0 Å². The van der Waals surface area contributed by atoms with E-state index in [1.54, 1.807) is 35.0 Å². The van der Waals surface area contributed by atoms with Crippen molar-refractivity contribution in [1.29, 1.82) is 0 Å². The van der Waals surface area contributed by atoms with E-state index in [1.165, 1.54) is 12.1 Å². The normalized spacial score (nSPS) is 12.4. The smallest absolute Gasteiger partial charge is 0.276 e. The van der Waals surface area contributed by atoms with Crippen molar-refractivity contribution >= 4 is 21.6 Å². The van der Waals surface area contributed by atoms with Crippen LogP contribution in [0.1, 0.15) is 63.2 Å². The Labute approximate surface area is 229 Å². The lowest BCUT2D eigenvalue weighted by Crippen LogP contribution is -2.19. The Balaban J connectivity index is 1.78. The molecule has 0 spiro atoms. The summed E-state index contributed by atoms with van der Waals surface area (Å²) in [6.45, 7) is 12.1. The highest BCUT2D eigenvalue weighted by Gasteiger charge is 2.27. The van der Waals surface area contributed by atoms with E-state index in [0.717, 1.165) is 16.7 Å². The molecule has 3 aromatic carbocycles. The van der Waals surface area contributed by atoms with Crippen LogP contribution in [0.25, 0.3) is 16.9 Å². The van der Waals surface area contributed by atoms with Gasteiger partial charge in [-0.15, -0.1) is 0 Å². The number of carbonyl (C=O) groups is 1.